The number of carbonyl (C=O) groups excluding carboxylic acids is 1. The van der Waals surface area contributed by atoms with Gasteiger partial charge in [-0.05, 0) is 36.5 Å². The zero-order valence-electron chi connectivity index (χ0n) is 9.36. The fourth-order valence-electron chi connectivity index (χ4n) is 1.98. The van der Waals surface area contributed by atoms with Gasteiger partial charge in [0.1, 0.15) is 12.4 Å². The van der Waals surface area contributed by atoms with E-state index in [4.69, 9.17) is 10.6 Å². The van der Waals surface area contributed by atoms with Crippen molar-refractivity contribution in [2.75, 3.05) is 6.61 Å². The van der Waals surface area contributed by atoms with E-state index in [0.29, 0.717) is 5.92 Å². The van der Waals surface area contributed by atoms with Gasteiger partial charge in [0.25, 0.3) is 0 Å². The van der Waals surface area contributed by atoms with Crippen molar-refractivity contribution in [1.82, 2.24) is 5.48 Å². The molecule has 1 aliphatic rings. The van der Waals surface area contributed by atoms with E-state index in [0.717, 1.165) is 18.4 Å². The molecule has 0 aromatic heterocycles. The molecule has 1 fully saturated rings. The predicted octanol–water partition coefficient (Wildman–Crippen LogP) is 1.08. The fourth-order valence-corrected chi connectivity index (χ4v) is 1.98. The summed E-state index contributed by atoms with van der Waals surface area (Å²) in [5.41, 5.74) is 8.71. The fraction of sp³-hybridized carbons (Fsp3) is 0.417. The second kappa shape index (κ2) is 5.25. The molecule has 1 saturated carbocycles. The van der Waals surface area contributed by atoms with Crippen LogP contribution in [0.5, 0.6) is 0 Å². The average Bonchev–Trinajstić information content (AvgIpc) is 2.21. The van der Waals surface area contributed by atoms with Crippen molar-refractivity contribution in [3.63, 3.8) is 0 Å². The van der Waals surface area contributed by atoms with Crippen molar-refractivity contribution < 1.29 is 14.0 Å². The molecule has 0 spiro atoms. The van der Waals surface area contributed by atoms with Gasteiger partial charge < -0.3 is 5.73 Å². The Morgan fingerprint density at radius 1 is 1.53 bits per heavy atom. The molecule has 0 bridgehead atoms. The van der Waals surface area contributed by atoms with Crippen molar-refractivity contribution in [3.8, 4) is 0 Å². The molecule has 0 atom stereocenters. The molecule has 3 N–H and O–H groups in total. The van der Waals surface area contributed by atoms with Gasteiger partial charge in [0, 0.05) is 6.04 Å². The minimum Gasteiger partial charge on any atom is -0.368 e. The van der Waals surface area contributed by atoms with Crippen molar-refractivity contribution >= 4 is 5.91 Å². The smallest absolute Gasteiger partial charge is 0.245 e. The molecule has 0 saturated heterocycles. The molecular formula is C12H15FN2O2. The zero-order valence-corrected chi connectivity index (χ0v) is 9.36. The lowest BCUT2D eigenvalue weighted by Crippen LogP contribution is -2.41. The van der Waals surface area contributed by atoms with Crippen LogP contribution < -0.4 is 11.2 Å². The van der Waals surface area contributed by atoms with Gasteiger partial charge in [0.05, 0.1) is 0 Å². The highest BCUT2D eigenvalue weighted by molar-refractivity contribution is 5.74. The monoisotopic (exact) mass is 238 g/mol. The van der Waals surface area contributed by atoms with E-state index < -0.39 is 5.91 Å². The summed E-state index contributed by atoms with van der Waals surface area (Å²) in [7, 11) is 0. The Labute approximate surface area is 98.9 Å². The minimum absolute atomic E-state index is 0.124. The summed E-state index contributed by atoms with van der Waals surface area (Å²) in [5, 5.41) is 0. The largest absolute Gasteiger partial charge is 0.368 e. The molecule has 17 heavy (non-hydrogen) atoms. The van der Waals surface area contributed by atoms with Gasteiger partial charge in [-0.3, -0.25) is 9.63 Å². The van der Waals surface area contributed by atoms with Gasteiger partial charge in [0.2, 0.25) is 5.91 Å². The van der Waals surface area contributed by atoms with E-state index in [9.17, 15) is 9.18 Å². The third-order valence-corrected chi connectivity index (χ3v) is 2.92. The Morgan fingerprint density at radius 3 is 2.94 bits per heavy atom. The van der Waals surface area contributed by atoms with Crippen LogP contribution in [-0.4, -0.2) is 18.6 Å². The summed E-state index contributed by atoms with van der Waals surface area (Å²) in [6.07, 6.45) is 1.75. The maximum atomic E-state index is 13.0. The van der Waals surface area contributed by atoms with Crippen LogP contribution in [0.15, 0.2) is 24.3 Å². The number of primary amides is 1. The number of benzene rings is 1. The van der Waals surface area contributed by atoms with Crippen LogP contribution in [-0.2, 0) is 9.63 Å². The van der Waals surface area contributed by atoms with E-state index in [2.05, 4.69) is 5.48 Å². The van der Waals surface area contributed by atoms with Crippen LogP contribution in [0.1, 0.15) is 24.3 Å². The second-order valence-corrected chi connectivity index (χ2v) is 4.29. The molecule has 0 aliphatic heterocycles. The number of nitrogens with one attached hydrogen (secondary N) is 1. The normalized spacial score (nSPS) is 23.1. The van der Waals surface area contributed by atoms with Gasteiger partial charge >= 0.3 is 0 Å². The third kappa shape index (κ3) is 3.25. The molecular weight excluding hydrogens is 223 g/mol. The predicted molar refractivity (Wildman–Crippen MR) is 60.4 cm³/mol. The van der Waals surface area contributed by atoms with Crippen molar-refractivity contribution in [2.24, 2.45) is 5.73 Å². The standard InChI is InChI=1S/C12H15FN2O2/c13-10-3-1-2-8(4-10)9-5-11(6-9)15-17-7-12(14)16/h1-4,9,11,15H,5-7H2,(H2,14,16). The minimum atomic E-state index is -0.501. The zero-order chi connectivity index (χ0) is 12.3. The van der Waals surface area contributed by atoms with Crippen LogP contribution in [0.2, 0.25) is 0 Å². The first-order chi connectivity index (χ1) is 8.15. The molecule has 0 heterocycles. The van der Waals surface area contributed by atoms with Crippen LogP contribution >= 0.6 is 0 Å². The number of hydroxylamine groups is 1. The first kappa shape index (κ1) is 12.0. The lowest BCUT2D eigenvalue weighted by atomic mass is 9.76. The highest BCUT2D eigenvalue weighted by Crippen LogP contribution is 2.36. The molecule has 0 unspecified atom stereocenters. The molecule has 5 heteroatoms. The summed E-state index contributed by atoms with van der Waals surface area (Å²) >= 11 is 0. The summed E-state index contributed by atoms with van der Waals surface area (Å²) in [6.45, 7) is -0.124. The lowest BCUT2D eigenvalue weighted by molar-refractivity contribution is -0.126. The molecule has 1 aromatic rings. The summed E-state index contributed by atoms with van der Waals surface area (Å²) < 4.78 is 13.0. The van der Waals surface area contributed by atoms with Gasteiger partial charge in [-0.1, -0.05) is 12.1 Å². The lowest BCUT2D eigenvalue weighted by Gasteiger charge is -2.35. The Balaban J connectivity index is 1.73. The second-order valence-electron chi connectivity index (χ2n) is 4.29. The van der Waals surface area contributed by atoms with Crippen LogP contribution in [0.3, 0.4) is 0 Å². The number of hydrogen-bond donors (Lipinski definition) is 2. The van der Waals surface area contributed by atoms with E-state index in [1.54, 1.807) is 12.1 Å². The van der Waals surface area contributed by atoms with Crippen LogP contribution in [0, 0.1) is 5.82 Å². The molecule has 1 aromatic carbocycles. The number of nitrogens with two attached hydrogens (primary N) is 1. The first-order valence-electron chi connectivity index (χ1n) is 5.56. The number of amides is 1. The highest BCUT2D eigenvalue weighted by Gasteiger charge is 2.30. The molecule has 2 rings (SSSR count). The Morgan fingerprint density at radius 2 is 2.29 bits per heavy atom. The molecule has 92 valence electrons. The van der Waals surface area contributed by atoms with Gasteiger partial charge in [-0.15, -0.1) is 0 Å². The molecule has 1 aliphatic carbocycles. The average molecular weight is 238 g/mol. The number of rotatable bonds is 5. The summed E-state index contributed by atoms with van der Waals surface area (Å²) in [5.74, 6) is -0.345. The maximum absolute atomic E-state index is 13.0. The van der Waals surface area contributed by atoms with Crippen LogP contribution in [0.25, 0.3) is 0 Å². The summed E-state index contributed by atoms with van der Waals surface area (Å²) in [4.78, 5) is 15.3. The molecule has 1 amide bonds. The van der Waals surface area contributed by atoms with Crippen molar-refractivity contribution in [3.05, 3.63) is 35.6 Å². The van der Waals surface area contributed by atoms with E-state index in [1.165, 1.54) is 6.07 Å². The Bertz CT molecular complexity index is 405. The van der Waals surface area contributed by atoms with Gasteiger partial charge in [-0.25, -0.2) is 4.39 Å². The maximum Gasteiger partial charge on any atom is 0.245 e. The topological polar surface area (TPSA) is 64.4 Å². The van der Waals surface area contributed by atoms with E-state index in [1.807, 2.05) is 6.07 Å². The molecule has 0 radical (unpaired) electrons. The molecule has 4 nitrogen and oxygen atoms in total. The van der Waals surface area contributed by atoms with Crippen molar-refractivity contribution in [1.29, 1.82) is 0 Å². The number of hydrogen-bond acceptors (Lipinski definition) is 3. The van der Waals surface area contributed by atoms with Crippen molar-refractivity contribution in [2.45, 2.75) is 24.8 Å². The number of halogens is 1. The Hall–Kier alpha value is -1.46. The SMILES string of the molecule is NC(=O)CONC1CC(c2cccc(F)c2)C1. The van der Waals surface area contributed by atoms with Gasteiger partial charge in [0.15, 0.2) is 0 Å². The first-order valence-corrected chi connectivity index (χ1v) is 5.56. The highest BCUT2D eigenvalue weighted by atomic mass is 19.1. The van der Waals surface area contributed by atoms with Crippen LogP contribution in [0.4, 0.5) is 4.39 Å². The Kier molecular flexibility index (Phi) is 3.71. The third-order valence-electron chi connectivity index (χ3n) is 2.92. The van der Waals surface area contributed by atoms with E-state index >= 15 is 0 Å². The van der Waals surface area contributed by atoms with Gasteiger partial charge in [-0.2, -0.15) is 5.48 Å². The van der Waals surface area contributed by atoms with E-state index in [-0.39, 0.29) is 18.5 Å². The number of carbonyl (C=O) groups is 1. The quantitative estimate of drug-likeness (QED) is 0.754. The summed E-state index contributed by atoms with van der Waals surface area (Å²) in [6, 6.07) is 6.85.